The van der Waals surface area contributed by atoms with E-state index >= 15 is 0 Å². The van der Waals surface area contributed by atoms with E-state index in [2.05, 4.69) is 16.8 Å². The van der Waals surface area contributed by atoms with Crippen LogP contribution in [0.25, 0.3) is 0 Å². The van der Waals surface area contributed by atoms with Gasteiger partial charge in [0, 0.05) is 58.4 Å². The maximum absolute atomic E-state index is 12.8. The summed E-state index contributed by atoms with van der Waals surface area (Å²) in [6.45, 7) is 10.5. The van der Waals surface area contributed by atoms with Gasteiger partial charge in [0.1, 0.15) is 0 Å². The Kier molecular flexibility index (Phi) is 6.64. The largest absolute Gasteiger partial charge is 0.304 e. The zero-order valence-electron chi connectivity index (χ0n) is 14.4. The first kappa shape index (κ1) is 18.1. The molecule has 1 atom stereocenters. The second kappa shape index (κ2) is 8.06. The van der Waals surface area contributed by atoms with Gasteiger partial charge in [0.25, 0.3) is 10.2 Å². The molecule has 2 aliphatic rings. The van der Waals surface area contributed by atoms with Crippen molar-refractivity contribution in [1.82, 2.24) is 18.4 Å². The van der Waals surface area contributed by atoms with Crippen molar-refractivity contribution in [2.75, 3.05) is 59.4 Å². The Balaban J connectivity index is 2.06. The van der Waals surface area contributed by atoms with Crippen LogP contribution in [-0.2, 0) is 10.2 Å². The van der Waals surface area contributed by atoms with Gasteiger partial charge in [0.05, 0.1) is 0 Å². The Bertz CT molecular complexity index is 431. The van der Waals surface area contributed by atoms with Crippen LogP contribution < -0.4 is 0 Å². The normalized spacial score (nSPS) is 27.2. The van der Waals surface area contributed by atoms with E-state index in [1.165, 1.54) is 0 Å². The third kappa shape index (κ3) is 4.20. The molecule has 0 aromatic heterocycles. The Morgan fingerprint density at radius 2 is 1.64 bits per heavy atom. The molecule has 22 heavy (non-hydrogen) atoms. The first-order chi connectivity index (χ1) is 10.5. The van der Waals surface area contributed by atoms with Crippen LogP contribution >= 0.6 is 0 Å². The maximum Gasteiger partial charge on any atom is 0.282 e. The summed E-state index contributed by atoms with van der Waals surface area (Å²) in [6, 6.07) is 0.376. The molecule has 0 saturated carbocycles. The van der Waals surface area contributed by atoms with Gasteiger partial charge in [-0.3, -0.25) is 4.90 Å². The van der Waals surface area contributed by atoms with Crippen molar-refractivity contribution < 1.29 is 8.42 Å². The summed E-state index contributed by atoms with van der Waals surface area (Å²) < 4.78 is 28.9. The highest BCUT2D eigenvalue weighted by atomic mass is 32.2. The first-order valence-corrected chi connectivity index (χ1v) is 10.1. The van der Waals surface area contributed by atoms with Crippen LogP contribution in [0.1, 0.15) is 33.1 Å². The van der Waals surface area contributed by atoms with Crippen molar-refractivity contribution >= 4 is 10.2 Å². The van der Waals surface area contributed by atoms with E-state index in [0.717, 1.165) is 45.4 Å². The summed E-state index contributed by atoms with van der Waals surface area (Å²) in [6.07, 6.45) is 3.22. The smallest absolute Gasteiger partial charge is 0.282 e. The minimum absolute atomic E-state index is 0.376. The summed E-state index contributed by atoms with van der Waals surface area (Å²) in [5.74, 6) is 0. The summed E-state index contributed by atoms with van der Waals surface area (Å²) in [5.41, 5.74) is 0. The molecule has 0 aromatic carbocycles. The molecule has 0 radical (unpaired) electrons. The van der Waals surface area contributed by atoms with Crippen LogP contribution in [0.15, 0.2) is 0 Å². The maximum atomic E-state index is 12.8. The molecule has 0 aromatic rings. The minimum atomic E-state index is -3.30. The molecule has 2 heterocycles. The lowest BCUT2D eigenvalue weighted by Crippen LogP contribution is -2.53. The zero-order valence-corrected chi connectivity index (χ0v) is 15.2. The molecule has 0 bridgehead atoms. The molecule has 0 amide bonds. The lowest BCUT2D eigenvalue weighted by Gasteiger charge is -2.39. The lowest BCUT2D eigenvalue weighted by molar-refractivity contribution is 0.0996. The molecule has 2 saturated heterocycles. The van der Waals surface area contributed by atoms with Crippen molar-refractivity contribution in [1.29, 1.82) is 0 Å². The molecule has 0 unspecified atom stereocenters. The molecule has 0 aliphatic carbocycles. The van der Waals surface area contributed by atoms with E-state index in [0.29, 0.717) is 32.2 Å². The van der Waals surface area contributed by atoms with Gasteiger partial charge < -0.3 is 4.90 Å². The van der Waals surface area contributed by atoms with Crippen LogP contribution in [0.3, 0.4) is 0 Å². The summed E-state index contributed by atoms with van der Waals surface area (Å²) in [4.78, 5) is 4.84. The van der Waals surface area contributed by atoms with Gasteiger partial charge in [-0.2, -0.15) is 17.0 Å². The third-order valence-corrected chi connectivity index (χ3v) is 7.17. The minimum Gasteiger partial charge on any atom is -0.304 e. The predicted octanol–water partition coefficient (Wildman–Crippen LogP) is 0.675. The molecule has 0 spiro atoms. The number of likely N-dealkylation sites (N-methyl/N-ethyl adjacent to an activating group) is 1. The standard InChI is InChI=1S/C15H32N4O2S/c1-4-18(5-2)22(20,21)19-9-7-6-8-15(14-19)17-12-10-16(3)11-13-17/h15H,4-14H2,1-3H3/t15-/m0/s1. The average molecular weight is 333 g/mol. The topological polar surface area (TPSA) is 47.1 Å². The molecule has 2 aliphatic heterocycles. The fourth-order valence-electron chi connectivity index (χ4n) is 3.49. The summed E-state index contributed by atoms with van der Waals surface area (Å²) in [7, 11) is -1.15. The average Bonchev–Trinajstić information content (AvgIpc) is 2.75. The van der Waals surface area contributed by atoms with Crippen molar-refractivity contribution in [3.63, 3.8) is 0 Å². The summed E-state index contributed by atoms with van der Waals surface area (Å²) >= 11 is 0. The van der Waals surface area contributed by atoms with E-state index in [4.69, 9.17) is 0 Å². The van der Waals surface area contributed by atoms with Crippen LogP contribution in [0.2, 0.25) is 0 Å². The fraction of sp³-hybridized carbons (Fsp3) is 1.00. The van der Waals surface area contributed by atoms with E-state index in [9.17, 15) is 8.42 Å². The Morgan fingerprint density at radius 3 is 2.23 bits per heavy atom. The fourth-order valence-corrected chi connectivity index (χ4v) is 5.19. The van der Waals surface area contributed by atoms with Crippen LogP contribution in [0, 0.1) is 0 Å². The van der Waals surface area contributed by atoms with Gasteiger partial charge >= 0.3 is 0 Å². The monoisotopic (exact) mass is 332 g/mol. The Labute approximate surface area is 136 Å². The summed E-state index contributed by atoms with van der Waals surface area (Å²) in [5, 5.41) is 0. The number of piperazine rings is 1. The van der Waals surface area contributed by atoms with Crippen molar-refractivity contribution in [3.8, 4) is 0 Å². The van der Waals surface area contributed by atoms with Gasteiger partial charge in [-0.25, -0.2) is 0 Å². The Hall–Kier alpha value is -0.210. The van der Waals surface area contributed by atoms with Gasteiger partial charge in [-0.1, -0.05) is 20.3 Å². The highest BCUT2D eigenvalue weighted by molar-refractivity contribution is 7.86. The molecular weight excluding hydrogens is 300 g/mol. The molecule has 6 nitrogen and oxygen atoms in total. The van der Waals surface area contributed by atoms with Crippen molar-refractivity contribution in [3.05, 3.63) is 0 Å². The number of rotatable bonds is 5. The van der Waals surface area contributed by atoms with Crippen molar-refractivity contribution in [2.24, 2.45) is 0 Å². The SMILES string of the molecule is CCN(CC)S(=O)(=O)N1CCCC[C@H](N2CCN(C)CC2)C1. The third-order valence-electron chi connectivity index (χ3n) is 5.02. The zero-order chi connectivity index (χ0) is 16.2. The molecule has 2 fully saturated rings. The second-order valence-electron chi connectivity index (χ2n) is 6.44. The predicted molar refractivity (Wildman–Crippen MR) is 90.1 cm³/mol. The van der Waals surface area contributed by atoms with Gasteiger partial charge in [-0.15, -0.1) is 0 Å². The van der Waals surface area contributed by atoms with Crippen LogP contribution in [-0.4, -0.2) is 92.3 Å². The van der Waals surface area contributed by atoms with E-state index in [1.807, 2.05) is 13.8 Å². The van der Waals surface area contributed by atoms with Gasteiger partial charge in [0.2, 0.25) is 0 Å². The second-order valence-corrected chi connectivity index (χ2v) is 8.37. The van der Waals surface area contributed by atoms with Gasteiger partial charge in [-0.05, 0) is 19.9 Å². The van der Waals surface area contributed by atoms with E-state index in [-0.39, 0.29) is 0 Å². The number of hydrogen-bond donors (Lipinski definition) is 0. The first-order valence-electron chi connectivity index (χ1n) is 8.66. The molecule has 7 heteroatoms. The highest BCUT2D eigenvalue weighted by Crippen LogP contribution is 2.21. The van der Waals surface area contributed by atoms with Gasteiger partial charge in [0.15, 0.2) is 0 Å². The van der Waals surface area contributed by atoms with Crippen molar-refractivity contribution in [2.45, 2.75) is 39.2 Å². The quantitative estimate of drug-likeness (QED) is 0.743. The van der Waals surface area contributed by atoms with Crippen LogP contribution in [0.4, 0.5) is 0 Å². The molecular formula is C15H32N4O2S. The van der Waals surface area contributed by atoms with E-state index in [1.54, 1.807) is 8.61 Å². The number of nitrogens with zero attached hydrogens (tertiary/aromatic N) is 4. The lowest BCUT2D eigenvalue weighted by atomic mass is 10.1. The highest BCUT2D eigenvalue weighted by Gasteiger charge is 2.33. The molecule has 2 rings (SSSR count). The Morgan fingerprint density at radius 1 is 1.00 bits per heavy atom. The van der Waals surface area contributed by atoms with E-state index < -0.39 is 10.2 Å². The number of hydrogen-bond acceptors (Lipinski definition) is 4. The molecule has 130 valence electrons. The van der Waals surface area contributed by atoms with Crippen LogP contribution in [0.5, 0.6) is 0 Å². The molecule has 0 N–H and O–H groups in total.